The van der Waals surface area contributed by atoms with Crippen LogP contribution >= 0.6 is 0 Å². The second-order valence-electron chi connectivity index (χ2n) is 2.65. The SMILES string of the molecule is CC(=O)O.CC(=O)O.CC(=O)O.CC(=O)O.NCCN.[PbH2]. The molecule has 128 valence electrons. The van der Waals surface area contributed by atoms with Crippen LogP contribution < -0.4 is 11.5 Å². The molecule has 2 radical (unpaired) electrons. The van der Waals surface area contributed by atoms with Crippen LogP contribution in [0.3, 0.4) is 0 Å². The molecule has 0 unspecified atom stereocenters. The Balaban J connectivity index is -0.0000000331. The number of carbonyl (C=O) groups is 4. The van der Waals surface area contributed by atoms with Gasteiger partial charge in [0.15, 0.2) is 0 Å². The van der Waals surface area contributed by atoms with Gasteiger partial charge < -0.3 is 31.9 Å². The molecule has 21 heavy (non-hydrogen) atoms. The number of rotatable bonds is 1. The summed E-state index contributed by atoms with van der Waals surface area (Å²) in [6.45, 7) is 5.53. The molecule has 8 N–H and O–H groups in total. The van der Waals surface area contributed by atoms with E-state index in [0.29, 0.717) is 13.1 Å². The van der Waals surface area contributed by atoms with Crippen LogP contribution in [0.4, 0.5) is 0 Å². The molecule has 0 bridgehead atoms. The summed E-state index contributed by atoms with van der Waals surface area (Å²) in [5, 5.41) is 29.7. The van der Waals surface area contributed by atoms with E-state index in [1.54, 1.807) is 0 Å². The molecule has 0 aliphatic rings. The molecule has 10 nitrogen and oxygen atoms in total. The molecule has 0 heterocycles. The van der Waals surface area contributed by atoms with Crippen LogP contribution in [0.5, 0.6) is 0 Å². The number of aliphatic carboxylic acids is 4. The van der Waals surface area contributed by atoms with Gasteiger partial charge in [-0.15, -0.1) is 0 Å². The molecule has 0 aromatic carbocycles. The molecular formula is C10H26N2O8Pb. The maximum atomic E-state index is 9.00. The molecule has 0 aliphatic heterocycles. The number of hydrogen-bond acceptors (Lipinski definition) is 6. The van der Waals surface area contributed by atoms with Crippen molar-refractivity contribution in [1.29, 1.82) is 0 Å². The predicted octanol–water partition coefficient (Wildman–Crippen LogP) is -1.65. The Morgan fingerprint density at radius 2 is 0.667 bits per heavy atom. The van der Waals surface area contributed by atoms with Gasteiger partial charge in [-0.3, -0.25) is 19.2 Å². The van der Waals surface area contributed by atoms with Gasteiger partial charge in [-0.2, -0.15) is 0 Å². The van der Waals surface area contributed by atoms with Crippen molar-refractivity contribution in [1.82, 2.24) is 0 Å². The van der Waals surface area contributed by atoms with Gasteiger partial charge in [0.2, 0.25) is 0 Å². The van der Waals surface area contributed by atoms with Crippen molar-refractivity contribution in [2.24, 2.45) is 11.5 Å². The minimum atomic E-state index is -0.833. The number of nitrogens with two attached hydrogens (primary N) is 2. The van der Waals surface area contributed by atoms with Crippen molar-refractivity contribution in [3.8, 4) is 0 Å². The minimum absolute atomic E-state index is 0. The Kier molecular flexibility index (Phi) is 63.5. The molecule has 0 saturated carbocycles. The van der Waals surface area contributed by atoms with Crippen LogP contribution in [0.1, 0.15) is 27.7 Å². The summed E-state index contributed by atoms with van der Waals surface area (Å²) in [4.78, 5) is 36.0. The topological polar surface area (TPSA) is 201 Å². The van der Waals surface area contributed by atoms with E-state index in [9.17, 15) is 0 Å². The molecule has 0 atom stereocenters. The van der Waals surface area contributed by atoms with Gasteiger partial charge in [-0.05, 0) is 0 Å². The van der Waals surface area contributed by atoms with Gasteiger partial charge in [0.25, 0.3) is 23.9 Å². The third-order valence-electron chi connectivity index (χ3n) is 0.167. The molecular weight excluding hydrogens is 483 g/mol. The summed E-state index contributed by atoms with van der Waals surface area (Å²) in [5.41, 5.74) is 9.81. The van der Waals surface area contributed by atoms with Crippen molar-refractivity contribution < 1.29 is 39.6 Å². The van der Waals surface area contributed by atoms with Gasteiger partial charge in [0.1, 0.15) is 0 Å². The van der Waals surface area contributed by atoms with Crippen LogP contribution in [-0.2, 0) is 19.2 Å². The number of carboxylic acids is 4. The molecule has 0 amide bonds. The monoisotopic (exact) mass is 510 g/mol. The Bertz CT molecular complexity index is 195. The van der Waals surface area contributed by atoms with E-state index < -0.39 is 23.9 Å². The normalized spacial score (nSPS) is 6.19. The summed E-state index contributed by atoms with van der Waals surface area (Å²) in [5.74, 6) is -3.33. The molecule has 0 fully saturated rings. The summed E-state index contributed by atoms with van der Waals surface area (Å²) in [6, 6.07) is 0. The zero-order valence-electron chi connectivity index (χ0n) is 12.7. The van der Waals surface area contributed by atoms with E-state index in [4.69, 9.17) is 51.1 Å². The first-order valence-corrected chi connectivity index (χ1v) is 5.03. The number of carboxylic acid groups (broad SMARTS) is 4. The second kappa shape index (κ2) is 36.3. The molecule has 0 aromatic heterocycles. The van der Waals surface area contributed by atoms with Gasteiger partial charge in [-0.1, -0.05) is 0 Å². The zero-order valence-corrected chi connectivity index (χ0v) is 18.2. The average molecular weight is 510 g/mol. The quantitative estimate of drug-likeness (QED) is 0.222. The third kappa shape index (κ3) is 67800. The van der Waals surface area contributed by atoms with Crippen molar-refractivity contribution in [2.75, 3.05) is 13.1 Å². The van der Waals surface area contributed by atoms with Gasteiger partial charge in [0.05, 0.1) is 0 Å². The van der Waals surface area contributed by atoms with Gasteiger partial charge in [-0.25, -0.2) is 0 Å². The Hall–Kier alpha value is -1.28. The van der Waals surface area contributed by atoms with Crippen LogP contribution in [0, 0.1) is 0 Å². The standard InChI is InChI=1S/C2H8N2.4C2H4O2.Pb.2H/c3-1-2-4;4*1-2(3)4;;;/h1-4H2;4*1H3,(H,3,4);;;. The fourth-order valence-corrected chi connectivity index (χ4v) is 0. The molecule has 0 aliphatic carbocycles. The molecule has 0 spiro atoms. The van der Waals surface area contributed by atoms with Gasteiger partial charge >= 0.3 is 27.3 Å². The molecule has 0 aromatic rings. The second-order valence-corrected chi connectivity index (χ2v) is 2.65. The Labute approximate surface area is 143 Å². The van der Waals surface area contributed by atoms with E-state index in [1.807, 2.05) is 0 Å². The molecule has 0 rings (SSSR count). The van der Waals surface area contributed by atoms with Crippen molar-refractivity contribution in [3.05, 3.63) is 0 Å². The van der Waals surface area contributed by atoms with E-state index in [2.05, 4.69) is 0 Å². The van der Waals surface area contributed by atoms with Crippen LogP contribution in [0.15, 0.2) is 0 Å². The first-order valence-electron chi connectivity index (χ1n) is 5.03. The van der Waals surface area contributed by atoms with Crippen LogP contribution in [0.2, 0.25) is 0 Å². The van der Waals surface area contributed by atoms with Gasteiger partial charge in [0, 0.05) is 40.8 Å². The van der Waals surface area contributed by atoms with Crippen LogP contribution in [-0.4, -0.2) is 84.7 Å². The van der Waals surface area contributed by atoms with Crippen molar-refractivity contribution >= 4 is 51.2 Å². The van der Waals surface area contributed by atoms with Crippen LogP contribution in [0.25, 0.3) is 0 Å². The summed E-state index contributed by atoms with van der Waals surface area (Å²) >= 11 is 0. The van der Waals surface area contributed by atoms with Crippen molar-refractivity contribution in [3.63, 3.8) is 0 Å². The third-order valence-corrected chi connectivity index (χ3v) is 0.167. The zero-order chi connectivity index (χ0) is 17.7. The Morgan fingerprint density at radius 1 is 0.619 bits per heavy atom. The first kappa shape index (κ1) is 36.7. The Morgan fingerprint density at radius 3 is 0.667 bits per heavy atom. The molecule has 0 saturated heterocycles. The summed E-state index contributed by atoms with van der Waals surface area (Å²) in [7, 11) is 0. The van der Waals surface area contributed by atoms with E-state index in [-0.39, 0.29) is 27.3 Å². The first-order chi connectivity index (χ1) is 8.84. The fourth-order valence-electron chi connectivity index (χ4n) is 0. The summed E-state index contributed by atoms with van der Waals surface area (Å²) in [6.07, 6.45) is 0. The summed E-state index contributed by atoms with van der Waals surface area (Å²) < 4.78 is 0. The van der Waals surface area contributed by atoms with E-state index in [0.717, 1.165) is 27.7 Å². The molecule has 11 heteroatoms. The van der Waals surface area contributed by atoms with E-state index >= 15 is 0 Å². The average Bonchev–Trinajstić information content (AvgIpc) is 2.13. The maximum absolute atomic E-state index is 9.00. The number of hydrogen-bond donors (Lipinski definition) is 6. The van der Waals surface area contributed by atoms with E-state index in [1.165, 1.54) is 0 Å². The predicted molar refractivity (Wildman–Crippen MR) is 79.9 cm³/mol. The van der Waals surface area contributed by atoms with Crippen molar-refractivity contribution in [2.45, 2.75) is 27.7 Å². The fraction of sp³-hybridized carbons (Fsp3) is 0.600.